The van der Waals surface area contributed by atoms with Crippen molar-refractivity contribution >= 4 is 40.2 Å². The van der Waals surface area contributed by atoms with Crippen LogP contribution in [0.2, 0.25) is 0 Å². The number of anilines is 1. The smallest absolute Gasteiger partial charge is 0.252 e. The van der Waals surface area contributed by atoms with Crippen LogP contribution in [0.4, 0.5) is 5.69 Å². The first kappa shape index (κ1) is 19.9. The number of nitrogens with zero attached hydrogens (tertiary/aromatic N) is 2. The number of hydrogen-bond acceptors (Lipinski definition) is 5. The van der Waals surface area contributed by atoms with Crippen molar-refractivity contribution in [3.63, 3.8) is 0 Å². The molecule has 0 unspecified atom stereocenters. The summed E-state index contributed by atoms with van der Waals surface area (Å²) in [7, 11) is 0. The summed E-state index contributed by atoms with van der Waals surface area (Å²) < 4.78 is 0. The van der Waals surface area contributed by atoms with Crippen LogP contribution in [-0.4, -0.2) is 28.6 Å². The van der Waals surface area contributed by atoms with Gasteiger partial charge in [0.05, 0.1) is 34.3 Å². The van der Waals surface area contributed by atoms with E-state index in [-0.39, 0.29) is 23.6 Å². The second kappa shape index (κ2) is 8.97. The molecule has 4 rings (SSSR count). The van der Waals surface area contributed by atoms with Gasteiger partial charge in [-0.2, -0.15) is 5.26 Å². The second-order valence-corrected chi connectivity index (χ2v) is 8.14. The maximum absolute atomic E-state index is 12.7. The summed E-state index contributed by atoms with van der Waals surface area (Å²) in [5.41, 5.74) is 2.90. The average Bonchev–Trinajstić information content (AvgIpc) is 3.57. The third-order valence-corrected chi connectivity index (χ3v) is 5.63. The number of carbonyl (C=O) groups excluding carboxylic acids is 2. The van der Waals surface area contributed by atoms with Gasteiger partial charge in [0.25, 0.3) is 5.91 Å². The molecular formula is C23H20N4O2S. The fourth-order valence-electron chi connectivity index (χ4n) is 3.04. The Balaban J connectivity index is 1.44. The van der Waals surface area contributed by atoms with E-state index in [0.29, 0.717) is 22.7 Å². The van der Waals surface area contributed by atoms with Crippen molar-refractivity contribution in [3.05, 3.63) is 65.7 Å². The van der Waals surface area contributed by atoms with Crippen LogP contribution in [0, 0.1) is 11.3 Å². The van der Waals surface area contributed by atoms with Crippen molar-refractivity contribution in [3.8, 4) is 6.07 Å². The minimum atomic E-state index is -0.160. The Morgan fingerprint density at radius 3 is 2.63 bits per heavy atom. The number of benzene rings is 2. The van der Waals surface area contributed by atoms with Crippen molar-refractivity contribution in [2.45, 2.75) is 30.3 Å². The molecule has 0 aliphatic heterocycles. The van der Waals surface area contributed by atoms with Gasteiger partial charge in [-0.05, 0) is 42.7 Å². The van der Waals surface area contributed by atoms with Crippen LogP contribution in [0.5, 0.6) is 0 Å². The van der Waals surface area contributed by atoms with E-state index >= 15 is 0 Å². The maximum Gasteiger partial charge on any atom is 0.252 e. The zero-order valence-electron chi connectivity index (χ0n) is 16.2. The Kier molecular flexibility index (Phi) is 5.96. The van der Waals surface area contributed by atoms with Crippen LogP contribution in [0.25, 0.3) is 10.9 Å². The number of carbonyl (C=O) groups is 2. The van der Waals surface area contributed by atoms with Gasteiger partial charge in [-0.15, -0.1) is 0 Å². The van der Waals surface area contributed by atoms with Gasteiger partial charge in [0.2, 0.25) is 5.91 Å². The molecule has 0 atom stereocenters. The van der Waals surface area contributed by atoms with E-state index in [9.17, 15) is 9.59 Å². The van der Waals surface area contributed by atoms with Gasteiger partial charge < -0.3 is 10.6 Å². The zero-order chi connectivity index (χ0) is 20.9. The Morgan fingerprint density at radius 1 is 1.13 bits per heavy atom. The predicted molar refractivity (Wildman–Crippen MR) is 117 cm³/mol. The monoisotopic (exact) mass is 416 g/mol. The number of pyridine rings is 1. The van der Waals surface area contributed by atoms with Gasteiger partial charge >= 0.3 is 0 Å². The Labute approximate surface area is 178 Å². The van der Waals surface area contributed by atoms with Crippen molar-refractivity contribution in [1.82, 2.24) is 10.3 Å². The highest BCUT2D eigenvalue weighted by atomic mass is 32.2. The average molecular weight is 417 g/mol. The molecule has 1 heterocycles. The van der Waals surface area contributed by atoms with Gasteiger partial charge in [-0.1, -0.05) is 42.1 Å². The number of aromatic nitrogens is 1. The van der Waals surface area contributed by atoms with Crippen molar-refractivity contribution in [1.29, 1.82) is 5.26 Å². The summed E-state index contributed by atoms with van der Waals surface area (Å²) in [6, 6.07) is 18.9. The van der Waals surface area contributed by atoms with Crippen molar-refractivity contribution in [2.75, 3.05) is 11.1 Å². The van der Waals surface area contributed by atoms with Crippen LogP contribution in [0.3, 0.4) is 0 Å². The maximum atomic E-state index is 12.7. The first-order chi connectivity index (χ1) is 14.6. The molecule has 1 aliphatic rings. The minimum Gasteiger partial charge on any atom is -0.349 e. The van der Waals surface area contributed by atoms with Gasteiger partial charge in [-0.3, -0.25) is 9.59 Å². The number of fused-ring (bicyclic) bond motifs is 1. The molecule has 1 aromatic heterocycles. The van der Waals surface area contributed by atoms with Crippen LogP contribution >= 0.6 is 11.8 Å². The van der Waals surface area contributed by atoms with Gasteiger partial charge in [-0.25, -0.2) is 4.98 Å². The van der Waals surface area contributed by atoms with E-state index in [0.717, 1.165) is 29.3 Å². The van der Waals surface area contributed by atoms with Gasteiger partial charge in [0, 0.05) is 17.1 Å². The molecule has 0 spiro atoms. The number of para-hydroxylation sites is 1. The van der Waals surface area contributed by atoms with Crippen molar-refractivity contribution in [2.24, 2.45) is 0 Å². The largest absolute Gasteiger partial charge is 0.349 e. The molecule has 0 saturated heterocycles. The number of rotatable bonds is 7. The molecule has 0 bridgehead atoms. The van der Waals surface area contributed by atoms with Crippen LogP contribution in [0.15, 0.2) is 59.6 Å². The molecular weight excluding hydrogens is 396 g/mol. The van der Waals surface area contributed by atoms with E-state index in [4.69, 9.17) is 5.26 Å². The molecule has 0 radical (unpaired) electrons. The quantitative estimate of drug-likeness (QED) is 0.569. The molecule has 2 aromatic carbocycles. The number of thioether (sulfide) groups is 1. The normalized spacial score (nSPS) is 12.9. The fraction of sp³-hybridized carbons (Fsp3) is 0.217. The summed E-state index contributed by atoms with van der Waals surface area (Å²) in [5, 5.41) is 16.0. The van der Waals surface area contributed by atoms with E-state index in [2.05, 4.69) is 21.7 Å². The lowest BCUT2D eigenvalue weighted by Gasteiger charge is -2.10. The predicted octanol–water partition coefficient (Wildman–Crippen LogP) is 3.92. The van der Waals surface area contributed by atoms with Crippen LogP contribution in [0.1, 0.15) is 28.8 Å². The first-order valence-corrected chi connectivity index (χ1v) is 10.7. The molecule has 30 heavy (non-hydrogen) atoms. The highest BCUT2D eigenvalue weighted by molar-refractivity contribution is 7.99. The summed E-state index contributed by atoms with van der Waals surface area (Å²) in [4.78, 5) is 29.6. The third-order valence-electron chi connectivity index (χ3n) is 4.72. The lowest BCUT2D eigenvalue weighted by atomic mass is 10.1. The highest BCUT2D eigenvalue weighted by Crippen LogP contribution is 2.26. The van der Waals surface area contributed by atoms with E-state index < -0.39 is 0 Å². The summed E-state index contributed by atoms with van der Waals surface area (Å²) >= 11 is 1.29. The summed E-state index contributed by atoms with van der Waals surface area (Å²) in [6.07, 6.45) is 2.39. The molecule has 7 heteroatoms. The topological polar surface area (TPSA) is 94.9 Å². The summed E-state index contributed by atoms with van der Waals surface area (Å²) in [6.45, 7) is 0. The molecule has 6 nitrogen and oxygen atoms in total. The van der Waals surface area contributed by atoms with Gasteiger partial charge in [0.1, 0.15) is 0 Å². The Morgan fingerprint density at radius 2 is 1.90 bits per heavy atom. The highest BCUT2D eigenvalue weighted by Gasteiger charge is 2.25. The number of nitrogens with one attached hydrogen (secondary N) is 2. The molecule has 1 fully saturated rings. The third kappa shape index (κ3) is 4.97. The number of nitriles is 1. The second-order valence-electron chi connectivity index (χ2n) is 7.14. The first-order valence-electron chi connectivity index (χ1n) is 9.71. The molecule has 3 aromatic rings. The number of amides is 2. The molecule has 1 saturated carbocycles. The summed E-state index contributed by atoms with van der Waals surface area (Å²) in [5.74, 6) is -0.0820. The van der Waals surface area contributed by atoms with E-state index in [1.807, 2.05) is 36.4 Å². The Hall–Kier alpha value is -3.37. The zero-order valence-corrected chi connectivity index (χ0v) is 17.0. The lowest BCUT2D eigenvalue weighted by molar-refractivity contribution is -0.113. The van der Waals surface area contributed by atoms with E-state index in [1.165, 1.54) is 11.8 Å². The molecule has 150 valence electrons. The van der Waals surface area contributed by atoms with Crippen molar-refractivity contribution < 1.29 is 9.59 Å². The van der Waals surface area contributed by atoms with Gasteiger partial charge in [0.15, 0.2) is 0 Å². The van der Waals surface area contributed by atoms with Crippen LogP contribution in [-0.2, 0) is 11.2 Å². The van der Waals surface area contributed by atoms with E-state index in [1.54, 1.807) is 18.2 Å². The van der Waals surface area contributed by atoms with Crippen LogP contribution < -0.4 is 10.6 Å². The minimum absolute atomic E-state index is 0.0974. The Bertz CT molecular complexity index is 1130. The number of hydrogen-bond donors (Lipinski definition) is 2. The standard InChI is InChI=1S/C23H20N4O2S/c24-12-11-15-5-7-16(8-6-15)25-21(28)14-30-22-13-19(23(29)26-17-9-10-17)18-3-1-2-4-20(18)27-22/h1-8,13,17H,9-11,14H2,(H,25,28)(H,26,29). The molecule has 1 aliphatic carbocycles. The SMILES string of the molecule is N#CCc1ccc(NC(=O)CSc2cc(C(=O)NC3CC3)c3ccccc3n2)cc1. The molecule has 2 amide bonds. The molecule has 2 N–H and O–H groups in total. The lowest BCUT2D eigenvalue weighted by Crippen LogP contribution is -2.25. The fourth-order valence-corrected chi connectivity index (χ4v) is 3.75.